The van der Waals surface area contributed by atoms with Crippen LogP contribution in [0.4, 0.5) is 11.4 Å². The summed E-state index contributed by atoms with van der Waals surface area (Å²) in [6, 6.07) is 18.0. The number of rotatable bonds is 7. The Bertz CT molecular complexity index is 565. The molecule has 0 bridgehead atoms. The molecule has 4 heteroatoms. The maximum atomic E-state index is 5.69. The highest BCUT2D eigenvalue weighted by Crippen LogP contribution is 2.20. The molecule has 122 valence electrons. The first-order valence-electron chi connectivity index (χ1n) is 8.18. The maximum Gasteiger partial charge on any atom is 0.157 e. The van der Waals surface area contributed by atoms with Crippen LogP contribution in [-0.4, -0.2) is 26.1 Å². The first kappa shape index (κ1) is 15.8. The smallest absolute Gasteiger partial charge is 0.157 e. The largest absolute Gasteiger partial charge is 0.491 e. The summed E-state index contributed by atoms with van der Waals surface area (Å²) in [5.74, 6) is 0.844. The number of nitrogens with one attached hydrogen (secondary N) is 1. The average Bonchev–Trinajstić information content (AvgIpc) is 2.62. The summed E-state index contributed by atoms with van der Waals surface area (Å²) in [5, 5.41) is 3.34. The molecule has 1 unspecified atom stereocenters. The molecule has 3 rings (SSSR count). The fraction of sp³-hybridized carbons (Fsp3) is 0.368. The zero-order valence-electron chi connectivity index (χ0n) is 13.2. The number of ether oxygens (including phenoxy) is 3. The molecule has 2 aromatic rings. The second-order valence-corrected chi connectivity index (χ2v) is 5.53. The van der Waals surface area contributed by atoms with E-state index in [4.69, 9.17) is 14.2 Å². The van der Waals surface area contributed by atoms with Crippen LogP contribution in [0.15, 0.2) is 54.6 Å². The molecule has 0 aliphatic carbocycles. The molecule has 1 heterocycles. The third kappa shape index (κ3) is 5.27. The topological polar surface area (TPSA) is 39.7 Å². The second kappa shape index (κ2) is 8.56. The Morgan fingerprint density at radius 1 is 0.913 bits per heavy atom. The number of hydrogen-bond donors (Lipinski definition) is 1. The summed E-state index contributed by atoms with van der Waals surface area (Å²) in [7, 11) is 0. The highest BCUT2D eigenvalue weighted by molar-refractivity contribution is 5.59. The third-order valence-corrected chi connectivity index (χ3v) is 3.71. The zero-order valence-corrected chi connectivity index (χ0v) is 13.2. The minimum Gasteiger partial charge on any atom is -0.491 e. The molecule has 1 atom stereocenters. The predicted molar refractivity (Wildman–Crippen MR) is 91.2 cm³/mol. The molecular formula is C19H23NO3. The monoisotopic (exact) mass is 313 g/mol. The molecule has 23 heavy (non-hydrogen) atoms. The molecule has 1 N–H and O–H groups in total. The van der Waals surface area contributed by atoms with Gasteiger partial charge < -0.3 is 19.5 Å². The Morgan fingerprint density at radius 3 is 2.43 bits per heavy atom. The van der Waals surface area contributed by atoms with Crippen molar-refractivity contribution in [2.45, 2.75) is 25.6 Å². The Kier molecular flexibility index (Phi) is 5.89. The molecule has 0 spiro atoms. The van der Waals surface area contributed by atoms with Crippen LogP contribution in [0.2, 0.25) is 0 Å². The van der Waals surface area contributed by atoms with E-state index >= 15 is 0 Å². The molecule has 0 saturated carbocycles. The normalized spacial score (nSPS) is 17.7. The summed E-state index contributed by atoms with van der Waals surface area (Å²) in [5.41, 5.74) is 2.11. The Morgan fingerprint density at radius 2 is 1.70 bits per heavy atom. The first-order valence-corrected chi connectivity index (χ1v) is 8.18. The van der Waals surface area contributed by atoms with Gasteiger partial charge in [-0.05, 0) is 55.7 Å². The van der Waals surface area contributed by atoms with Crippen molar-refractivity contribution in [2.24, 2.45) is 0 Å². The zero-order chi connectivity index (χ0) is 15.7. The van der Waals surface area contributed by atoms with Gasteiger partial charge in [0.25, 0.3) is 0 Å². The molecular weight excluding hydrogens is 290 g/mol. The summed E-state index contributed by atoms with van der Waals surface area (Å²) < 4.78 is 16.9. The molecule has 2 aromatic carbocycles. The van der Waals surface area contributed by atoms with Gasteiger partial charge in [0.2, 0.25) is 0 Å². The fourth-order valence-electron chi connectivity index (χ4n) is 2.50. The van der Waals surface area contributed by atoms with Gasteiger partial charge in [0.05, 0.1) is 6.61 Å². The van der Waals surface area contributed by atoms with E-state index in [-0.39, 0.29) is 6.29 Å². The van der Waals surface area contributed by atoms with Gasteiger partial charge in [-0.25, -0.2) is 0 Å². The standard InChI is InChI=1S/C19H23NO3/c1-2-6-16(7-3-1)20-17-9-11-18(12-10-17)21-14-15-23-19-8-4-5-13-22-19/h1-3,6-7,9-12,19-20H,4-5,8,13-15H2. The lowest BCUT2D eigenvalue weighted by molar-refractivity contribution is -0.165. The fourth-order valence-corrected chi connectivity index (χ4v) is 2.50. The summed E-state index contributed by atoms with van der Waals surface area (Å²) in [4.78, 5) is 0. The summed E-state index contributed by atoms with van der Waals surface area (Å²) >= 11 is 0. The van der Waals surface area contributed by atoms with Gasteiger partial charge in [0, 0.05) is 18.0 Å². The lowest BCUT2D eigenvalue weighted by atomic mass is 10.2. The lowest BCUT2D eigenvalue weighted by Crippen LogP contribution is -2.24. The molecule has 1 aliphatic rings. The predicted octanol–water partition coefficient (Wildman–Crippen LogP) is 4.35. The van der Waals surface area contributed by atoms with Crippen LogP contribution in [0.5, 0.6) is 5.75 Å². The van der Waals surface area contributed by atoms with Gasteiger partial charge in [0.15, 0.2) is 6.29 Å². The van der Waals surface area contributed by atoms with Crippen LogP contribution in [0, 0.1) is 0 Å². The average molecular weight is 313 g/mol. The summed E-state index contributed by atoms with van der Waals surface area (Å²) in [6.45, 7) is 1.89. The van der Waals surface area contributed by atoms with Crippen molar-refractivity contribution in [3.63, 3.8) is 0 Å². The molecule has 4 nitrogen and oxygen atoms in total. The Labute approximate surface area is 137 Å². The van der Waals surface area contributed by atoms with Gasteiger partial charge in [0.1, 0.15) is 12.4 Å². The van der Waals surface area contributed by atoms with E-state index in [0.29, 0.717) is 13.2 Å². The molecule has 1 fully saturated rings. The Hall–Kier alpha value is -2.04. The van der Waals surface area contributed by atoms with Crippen LogP contribution in [0.3, 0.4) is 0 Å². The number of anilines is 2. The van der Waals surface area contributed by atoms with E-state index in [0.717, 1.165) is 36.6 Å². The van der Waals surface area contributed by atoms with Crippen molar-refractivity contribution in [1.29, 1.82) is 0 Å². The van der Waals surface area contributed by atoms with Gasteiger partial charge in [-0.15, -0.1) is 0 Å². The minimum atomic E-state index is -0.0511. The maximum absolute atomic E-state index is 5.69. The highest BCUT2D eigenvalue weighted by atomic mass is 16.7. The van der Waals surface area contributed by atoms with Crippen LogP contribution in [0.1, 0.15) is 19.3 Å². The van der Waals surface area contributed by atoms with E-state index in [1.807, 2.05) is 54.6 Å². The van der Waals surface area contributed by atoms with Crippen molar-refractivity contribution in [3.8, 4) is 5.75 Å². The van der Waals surface area contributed by atoms with Crippen LogP contribution in [0.25, 0.3) is 0 Å². The number of hydrogen-bond acceptors (Lipinski definition) is 4. The van der Waals surface area contributed by atoms with Gasteiger partial charge in [-0.1, -0.05) is 18.2 Å². The van der Waals surface area contributed by atoms with Crippen molar-refractivity contribution in [1.82, 2.24) is 0 Å². The Balaban J connectivity index is 1.39. The molecule has 0 aromatic heterocycles. The van der Waals surface area contributed by atoms with E-state index in [2.05, 4.69) is 5.32 Å². The van der Waals surface area contributed by atoms with Crippen LogP contribution >= 0.6 is 0 Å². The number of benzene rings is 2. The van der Waals surface area contributed by atoms with Crippen molar-refractivity contribution >= 4 is 11.4 Å². The molecule has 0 amide bonds. The minimum absolute atomic E-state index is 0.0511. The molecule has 1 aliphatic heterocycles. The van der Waals surface area contributed by atoms with E-state index in [9.17, 15) is 0 Å². The van der Waals surface area contributed by atoms with E-state index in [1.54, 1.807) is 0 Å². The van der Waals surface area contributed by atoms with Gasteiger partial charge >= 0.3 is 0 Å². The van der Waals surface area contributed by atoms with E-state index < -0.39 is 0 Å². The first-order chi connectivity index (χ1) is 11.4. The van der Waals surface area contributed by atoms with Gasteiger partial charge in [-0.2, -0.15) is 0 Å². The number of para-hydroxylation sites is 1. The van der Waals surface area contributed by atoms with Crippen molar-refractivity contribution in [3.05, 3.63) is 54.6 Å². The van der Waals surface area contributed by atoms with Crippen LogP contribution in [-0.2, 0) is 9.47 Å². The lowest BCUT2D eigenvalue weighted by Gasteiger charge is -2.22. The highest BCUT2D eigenvalue weighted by Gasteiger charge is 2.13. The van der Waals surface area contributed by atoms with E-state index in [1.165, 1.54) is 6.42 Å². The molecule has 1 saturated heterocycles. The second-order valence-electron chi connectivity index (χ2n) is 5.53. The van der Waals surface area contributed by atoms with Crippen molar-refractivity contribution in [2.75, 3.05) is 25.1 Å². The van der Waals surface area contributed by atoms with Crippen LogP contribution < -0.4 is 10.1 Å². The SMILES string of the molecule is c1ccc(Nc2ccc(OCCOC3CCCCO3)cc2)cc1. The van der Waals surface area contributed by atoms with Gasteiger partial charge in [-0.3, -0.25) is 0 Å². The quantitative estimate of drug-likeness (QED) is 0.771. The summed E-state index contributed by atoms with van der Waals surface area (Å²) in [6.07, 6.45) is 3.26. The third-order valence-electron chi connectivity index (χ3n) is 3.71. The molecule has 0 radical (unpaired) electrons. The van der Waals surface area contributed by atoms with Crippen molar-refractivity contribution < 1.29 is 14.2 Å².